The molecule has 0 aliphatic heterocycles. The molecule has 2 heteroatoms. The molecule has 0 spiro atoms. The summed E-state index contributed by atoms with van der Waals surface area (Å²) in [6, 6.07) is 7.34. The van der Waals surface area contributed by atoms with Crippen LogP contribution in [0.3, 0.4) is 0 Å². The van der Waals surface area contributed by atoms with E-state index in [9.17, 15) is 0 Å². The lowest BCUT2D eigenvalue weighted by molar-refractivity contribution is 0.0730. The number of hydrogen-bond acceptors (Lipinski definition) is 2. The topological polar surface area (TPSA) is 15.3 Å². The van der Waals surface area contributed by atoms with E-state index in [-0.39, 0.29) is 5.54 Å². The van der Waals surface area contributed by atoms with Crippen molar-refractivity contribution in [2.75, 3.05) is 20.1 Å². The summed E-state index contributed by atoms with van der Waals surface area (Å²) in [4.78, 5) is 2.59. The van der Waals surface area contributed by atoms with Crippen LogP contribution in [0.4, 0.5) is 0 Å². The molecular weight excluding hydrogens is 256 g/mol. The van der Waals surface area contributed by atoms with E-state index in [4.69, 9.17) is 0 Å². The predicted octanol–water partition coefficient (Wildman–Crippen LogP) is 3.94. The number of hydrogen-bond donors (Lipinski definition) is 1. The summed E-state index contributed by atoms with van der Waals surface area (Å²) in [7, 11) is 2.10. The summed E-state index contributed by atoms with van der Waals surface area (Å²) in [5.74, 6) is 0. The molecule has 2 unspecified atom stereocenters. The molecule has 1 aromatic carbocycles. The Balaban J connectivity index is 3.01. The summed E-state index contributed by atoms with van der Waals surface area (Å²) in [5, 5.41) is 3.58. The third kappa shape index (κ3) is 4.08. The van der Waals surface area contributed by atoms with Crippen molar-refractivity contribution < 1.29 is 0 Å². The minimum atomic E-state index is 0.192. The van der Waals surface area contributed by atoms with Gasteiger partial charge in [-0.1, -0.05) is 39.0 Å². The molecule has 21 heavy (non-hydrogen) atoms. The van der Waals surface area contributed by atoms with Crippen LogP contribution in [0, 0.1) is 13.8 Å². The summed E-state index contributed by atoms with van der Waals surface area (Å²) in [5.41, 5.74) is 4.39. The number of aryl methyl sites for hydroxylation is 2. The molecule has 1 N–H and O–H groups in total. The van der Waals surface area contributed by atoms with Gasteiger partial charge in [0.2, 0.25) is 0 Å². The molecule has 2 nitrogen and oxygen atoms in total. The van der Waals surface area contributed by atoms with Crippen LogP contribution in [0.15, 0.2) is 18.2 Å². The molecule has 0 fully saturated rings. The average molecular weight is 290 g/mol. The first-order valence-corrected chi connectivity index (χ1v) is 8.41. The van der Waals surface area contributed by atoms with Gasteiger partial charge in [-0.05, 0) is 70.4 Å². The maximum absolute atomic E-state index is 3.58. The van der Waals surface area contributed by atoms with Crippen LogP contribution >= 0.6 is 0 Å². The van der Waals surface area contributed by atoms with Gasteiger partial charge in [0.25, 0.3) is 0 Å². The molecule has 0 heterocycles. The minimum absolute atomic E-state index is 0.192. The Morgan fingerprint density at radius 3 is 2.14 bits per heavy atom. The van der Waals surface area contributed by atoms with Gasteiger partial charge in [0.15, 0.2) is 0 Å². The predicted molar refractivity (Wildman–Crippen MR) is 94.1 cm³/mol. The van der Waals surface area contributed by atoms with Crippen molar-refractivity contribution in [3.8, 4) is 0 Å². The number of nitrogens with zero attached hydrogens (tertiary/aromatic N) is 1. The zero-order chi connectivity index (χ0) is 16.0. The molecule has 0 saturated carbocycles. The summed E-state index contributed by atoms with van der Waals surface area (Å²) >= 11 is 0. The molecule has 0 saturated heterocycles. The van der Waals surface area contributed by atoms with Crippen molar-refractivity contribution in [3.05, 3.63) is 34.9 Å². The van der Waals surface area contributed by atoms with Crippen molar-refractivity contribution in [1.29, 1.82) is 0 Å². The van der Waals surface area contributed by atoms with E-state index < -0.39 is 0 Å². The maximum atomic E-state index is 3.58. The second-order valence-corrected chi connectivity index (χ2v) is 6.35. The highest BCUT2D eigenvalue weighted by atomic mass is 15.2. The highest BCUT2D eigenvalue weighted by Crippen LogP contribution is 2.26. The molecule has 0 amide bonds. The summed E-state index contributed by atoms with van der Waals surface area (Å²) in [6.07, 6.45) is 2.24. The first-order valence-electron chi connectivity index (χ1n) is 8.41. The standard InChI is InChI=1S/C19H34N2/c1-8-19(6,21(9-2)10-3)18(20-7)14-17-12-11-15(4)16(5)13-17/h11-13,18,20H,8-10,14H2,1-7H3. The van der Waals surface area contributed by atoms with Crippen LogP contribution in [0.25, 0.3) is 0 Å². The first kappa shape index (κ1) is 18.2. The van der Waals surface area contributed by atoms with Crippen LogP contribution in [0.5, 0.6) is 0 Å². The Kier molecular flexibility index (Phi) is 6.89. The highest BCUT2D eigenvalue weighted by molar-refractivity contribution is 5.30. The first-order chi connectivity index (χ1) is 9.92. The van der Waals surface area contributed by atoms with Gasteiger partial charge in [0.05, 0.1) is 0 Å². The van der Waals surface area contributed by atoms with E-state index >= 15 is 0 Å². The fraction of sp³-hybridized carbons (Fsp3) is 0.684. The average Bonchev–Trinajstić information content (AvgIpc) is 2.49. The van der Waals surface area contributed by atoms with Crippen LogP contribution < -0.4 is 5.32 Å². The van der Waals surface area contributed by atoms with E-state index in [1.54, 1.807) is 0 Å². The van der Waals surface area contributed by atoms with Crippen molar-refractivity contribution in [2.45, 2.75) is 66.0 Å². The van der Waals surface area contributed by atoms with Gasteiger partial charge in [-0.25, -0.2) is 0 Å². The molecule has 0 aromatic heterocycles. The van der Waals surface area contributed by atoms with Gasteiger partial charge in [-0.3, -0.25) is 4.90 Å². The summed E-state index contributed by atoms with van der Waals surface area (Å²) in [6.45, 7) is 15.8. The molecule has 0 bridgehead atoms. The van der Waals surface area contributed by atoms with Gasteiger partial charge in [-0.2, -0.15) is 0 Å². The molecule has 0 aliphatic rings. The smallest absolute Gasteiger partial charge is 0.0334 e. The Morgan fingerprint density at radius 1 is 1.10 bits per heavy atom. The molecule has 1 aromatic rings. The molecule has 0 radical (unpaired) electrons. The van der Waals surface area contributed by atoms with Gasteiger partial charge >= 0.3 is 0 Å². The largest absolute Gasteiger partial charge is 0.315 e. The number of benzene rings is 1. The zero-order valence-corrected chi connectivity index (χ0v) is 15.1. The zero-order valence-electron chi connectivity index (χ0n) is 15.1. The van der Waals surface area contributed by atoms with E-state index in [0.29, 0.717) is 6.04 Å². The highest BCUT2D eigenvalue weighted by Gasteiger charge is 2.35. The lowest BCUT2D eigenvalue weighted by Gasteiger charge is -2.46. The summed E-state index contributed by atoms with van der Waals surface area (Å²) < 4.78 is 0. The molecule has 120 valence electrons. The number of rotatable bonds is 8. The van der Waals surface area contributed by atoms with E-state index in [1.165, 1.54) is 16.7 Å². The SMILES string of the molecule is CCN(CC)C(C)(CC)C(Cc1ccc(C)c(C)c1)NC. The van der Waals surface area contributed by atoms with Crippen molar-refractivity contribution in [3.63, 3.8) is 0 Å². The van der Waals surface area contributed by atoms with Crippen molar-refractivity contribution in [1.82, 2.24) is 10.2 Å². The Labute approximate surface area is 131 Å². The molecule has 0 aliphatic carbocycles. The second kappa shape index (κ2) is 7.95. The van der Waals surface area contributed by atoms with E-state index in [0.717, 1.165) is 25.9 Å². The maximum Gasteiger partial charge on any atom is 0.0334 e. The lowest BCUT2D eigenvalue weighted by Crippen LogP contribution is -2.59. The number of likely N-dealkylation sites (N-methyl/N-ethyl adjacent to an activating group) is 2. The van der Waals surface area contributed by atoms with Gasteiger partial charge in [0, 0.05) is 11.6 Å². The Hall–Kier alpha value is -0.860. The Bertz CT molecular complexity index is 437. The normalized spacial score (nSPS) is 16.0. The van der Waals surface area contributed by atoms with Gasteiger partial charge < -0.3 is 5.32 Å². The van der Waals surface area contributed by atoms with Gasteiger partial charge in [-0.15, -0.1) is 0 Å². The monoisotopic (exact) mass is 290 g/mol. The van der Waals surface area contributed by atoms with E-state index in [1.807, 2.05) is 0 Å². The van der Waals surface area contributed by atoms with Crippen LogP contribution in [0.1, 0.15) is 50.8 Å². The molecule has 2 atom stereocenters. The fourth-order valence-electron chi connectivity index (χ4n) is 3.44. The van der Waals surface area contributed by atoms with Crippen LogP contribution in [-0.2, 0) is 6.42 Å². The van der Waals surface area contributed by atoms with Crippen LogP contribution in [-0.4, -0.2) is 36.6 Å². The van der Waals surface area contributed by atoms with Crippen LogP contribution in [0.2, 0.25) is 0 Å². The second-order valence-electron chi connectivity index (χ2n) is 6.35. The quantitative estimate of drug-likeness (QED) is 0.780. The number of nitrogens with one attached hydrogen (secondary N) is 1. The van der Waals surface area contributed by atoms with E-state index in [2.05, 4.69) is 77.0 Å². The minimum Gasteiger partial charge on any atom is -0.315 e. The van der Waals surface area contributed by atoms with Crippen molar-refractivity contribution >= 4 is 0 Å². The third-order valence-electron chi connectivity index (χ3n) is 5.31. The van der Waals surface area contributed by atoms with Gasteiger partial charge in [0.1, 0.15) is 0 Å². The Morgan fingerprint density at radius 2 is 1.71 bits per heavy atom. The van der Waals surface area contributed by atoms with Crippen molar-refractivity contribution in [2.24, 2.45) is 0 Å². The molecular formula is C19H34N2. The lowest BCUT2D eigenvalue weighted by atomic mass is 9.83. The molecule has 1 rings (SSSR count). The third-order valence-corrected chi connectivity index (χ3v) is 5.31. The fourth-order valence-corrected chi connectivity index (χ4v) is 3.44.